The van der Waals surface area contributed by atoms with Gasteiger partial charge in [0.05, 0.1) is 9.79 Å². The summed E-state index contributed by atoms with van der Waals surface area (Å²) in [6.45, 7) is -0.604. The van der Waals surface area contributed by atoms with Gasteiger partial charge in [0.25, 0.3) is 16.4 Å². The summed E-state index contributed by atoms with van der Waals surface area (Å²) in [7, 11) is -8.09. The van der Waals surface area contributed by atoms with Crippen LogP contribution in [0.3, 0.4) is 0 Å². The van der Waals surface area contributed by atoms with Crippen molar-refractivity contribution in [2.45, 2.75) is 16.2 Å². The van der Waals surface area contributed by atoms with Crippen molar-refractivity contribution in [3.8, 4) is 5.75 Å². The second-order valence-corrected chi connectivity index (χ2v) is 9.25. The Morgan fingerprint density at radius 2 is 1.71 bits per heavy atom. The number of anilines is 1. The van der Waals surface area contributed by atoms with Gasteiger partial charge in [0.1, 0.15) is 5.75 Å². The van der Waals surface area contributed by atoms with E-state index in [1.54, 1.807) is 0 Å². The van der Waals surface area contributed by atoms with E-state index in [4.69, 9.17) is 9.84 Å². The van der Waals surface area contributed by atoms with Crippen molar-refractivity contribution in [1.29, 1.82) is 0 Å². The predicted molar refractivity (Wildman–Crippen MR) is 94.9 cm³/mol. The maximum Gasteiger partial charge on any atom is 0.341 e. The van der Waals surface area contributed by atoms with Crippen LogP contribution in [0, 0.1) is 0 Å². The Labute approximate surface area is 159 Å². The van der Waals surface area contributed by atoms with Crippen LogP contribution < -0.4 is 9.46 Å². The molecule has 0 spiro atoms. The van der Waals surface area contributed by atoms with Crippen LogP contribution >= 0.6 is 0 Å². The zero-order valence-corrected chi connectivity index (χ0v) is 15.9. The molecule has 152 valence electrons. The number of benzene rings is 2. The SMILES string of the molecule is CS(=O)(=O)c1ccc(NS(=O)(=O)c2ccc(OCC(=O)O)cc2)cc1C(F)F. The van der Waals surface area contributed by atoms with E-state index in [0.717, 1.165) is 36.6 Å². The van der Waals surface area contributed by atoms with Crippen molar-refractivity contribution >= 4 is 31.5 Å². The fraction of sp³-hybridized carbons (Fsp3) is 0.188. The number of sulfone groups is 1. The summed E-state index contributed by atoms with van der Waals surface area (Å²) in [5.41, 5.74) is -1.06. The molecule has 2 aromatic carbocycles. The third kappa shape index (κ3) is 5.39. The van der Waals surface area contributed by atoms with Gasteiger partial charge in [-0.05, 0) is 42.5 Å². The minimum absolute atomic E-state index is 0.124. The summed E-state index contributed by atoms with van der Waals surface area (Å²) in [6, 6.07) is 7.45. The lowest BCUT2D eigenvalue weighted by Gasteiger charge is -2.12. The number of carbonyl (C=O) groups is 1. The largest absolute Gasteiger partial charge is 0.482 e. The maximum atomic E-state index is 13.2. The number of nitrogens with one attached hydrogen (secondary N) is 1. The number of carboxylic acid groups (broad SMARTS) is 1. The number of hydrogen-bond acceptors (Lipinski definition) is 6. The first-order valence-electron chi connectivity index (χ1n) is 7.50. The van der Waals surface area contributed by atoms with Crippen LogP contribution in [-0.4, -0.2) is 40.8 Å². The molecule has 0 aliphatic carbocycles. The molecule has 2 aromatic rings. The molecule has 12 heteroatoms. The van der Waals surface area contributed by atoms with E-state index < -0.39 is 49.3 Å². The van der Waals surface area contributed by atoms with Crippen molar-refractivity contribution in [2.75, 3.05) is 17.6 Å². The highest BCUT2D eigenvalue weighted by molar-refractivity contribution is 7.92. The monoisotopic (exact) mass is 435 g/mol. The van der Waals surface area contributed by atoms with Gasteiger partial charge in [0, 0.05) is 17.5 Å². The van der Waals surface area contributed by atoms with Crippen LogP contribution in [-0.2, 0) is 24.7 Å². The number of halogens is 2. The van der Waals surface area contributed by atoms with Gasteiger partial charge in [0.15, 0.2) is 16.4 Å². The summed E-state index contributed by atoms with van der Waals surface area (Å²) in [6.07, 6.45) is -2.36. The molecule has 0 fully saturated rings. The molecule has 0 heterocycles. The number of sulfonamides is 1. The number of aliphatic carboxylic acids is 1. The minimum Gasteiger partial charge on any atom is -0.482 e. The normalized spacial score (nSPS) is 12.0. The Morgan fingerprint density at radius 1 is 1.11 bits per heavy atom. The second kappa shape index (κ2) is 8.10. The van der Waals surface area contributed by atoms with E-state index in [1.165, 1.54) is 12.1 Å². The highest BCUT2D eigenvalue weighted by Crippen LogP contribution is 2.30. The van der Waals surface area contributed by atoms with Crippen LogP contribution in [0.2, 0.25) is 0 Å². The smallest absolute Gasteiger partial charge is 0.341 e. The first-order chi connectivity index (χ1) is 12.9. The van der Waals surface area contributed by atoms with Gasteiger partial charge in [0.2, 0.25) is 0 Å². The van der Waals surface area contributed by atoms with Gasteiger partial charge in [-0.25, -0.2) is 30.4 Å². The lowest BCUT2D eigenvalue weighted by molar-refractivity contribution is -0.139. The molecule has 0 aliphatic rings. The molecular weight excluding hydrogens is 420 g/mol. The minimum atomic E-state index is -4.17. The van der Waals surface area contributed by atoms with Crippen molar-refractivity contribution in [3.05, 3.63) is 48.0 Å². The molecule has 0 aliphatic heterocycles. The average molecular weight is 435 g/mol. The molecule has 28 heavy (non-hydrogen) atoms. The highest BCUT2D eigenvalue weighted by Gasteiger charge is 2.22. The van der Waals surface area contributed by atoms with E-state index >= 15 is 0 Å². The Bertz CT molecular complexity index is 1080. The molecule has 0 bridgehead atoms. The topological polar surface area (TPSA) is 127 Å². The summed E-state index contributed by atoms with van der Waals surface area (Å²) in [5, 5.41) is 8.53. The number of rotatable bonds is 8. The molecule has 8 nitrogen and oxygen atoms in total. The Morgan fingerprint density at radius 3 is 2.21 bits per heavy atom. The molecule has 0 saturated carbocycles. The molecule has 2 N–H and O–H groups in total. The lowest BCUT2D eigenvalue weighted by Crippen LogP contribution is -2.14. The number of alkyl halides is 2. The highest BCUT2D eigenvalue weighted by atomic mass is 32.2. The first-order valence-corrected chi connectivity index (χ1v) is 10.9. The van der Waals surface area contributed by atoms with Crippen LogP contribution in [0.25, 0.3) is 0 Å². The average Bonchev–Trinajstić information content (AvgIpc) is 2.59. The summed E-state index contributed by atoms with van der Waals surface area (Å²) in [5.74, 6) is -1.08. The Hall–Kier alpha value is -2.73. The van der Waals surface area contributed by atoms with Crippen LogP contribution in [0.4, 0.5) is 14.5 Å². The second-order valence-electron chi connectivity index (χ2n) is 5.58. The maximum absolute atomic E-state index is 13.2. The van der Waals surface area contributed by atoms with Gasteiger partial charge < -0.3 is 9.84 Å². The fourth-order valence-electron chi connectivity index (χ4n) is 2.19. The zero-order chi connectivity index (χ0) is 21.1. The van der Waals surface area contributed by atoms with E-state index in [1.807, 2.05) is 0 Å². The van der Waals surface area contributed by atoms with Gasteiger partial charge in [-0.3, -0.25) is 4.72 Å². The van der Waals surface area contributed by atoms with Crippen molar-refractivity contribution < 1.29 is 40.3 Å². The van der Waals surface area contributed by atoms with Crippen molar-refractivity contribution in [3.63, 3.8) is 0 Å². The molecule has 0 radical (unpaired) electrons. The summed E-state index contributed by atoms with van der Waals surface area (Å²) < 4.78 is 81.3. The number of ether oxygens (including phenoxy) is 1. The van der Waals surface area contributed by atoms with Crippen LogP contribution in [0.1, 0.15) is 12.0 Å². The van der Waals surface area contributed by atoms with Crippen molar-refractivity contribution in [2.24, 2.45) is 0 Å². The van der Waals surface area contributed by atoms with Crippen LogP contribution in [0.15, 0.2) is 52.3 Å². The van der Waals surface area contributed by atoms with E-state index in [-0.39, 0.29) is 16.3 Å². The summed E-state index contributed by atoms with van der Waals surface area (Å²) >= 11 is 0. The molecule has 0 saturated heterocycles. The molecule has 0 unspecified atom stereocenters. The zero-order valence-electron chi connectivity index (χ0n) is 14.3. The lowest BCUT2D eigenvalue weighted by atomic mass is 10.2. The van der Waals surface area contributed by atoms with Gasteiger partial charge in [-0.1, -0.05) is 0 Å². The van der Waals surface area contributed by atoms with E-state index in [0.29, 0.717) is 0 Å². The van der Waals surface area contributed by atoms with E-state index in [2.05, 4.69) is 4.72 Å². The van der Waals surface area contributed by atoms with Crippen LogP contribution in [0.5, 0.6) is 5.75 Å². The van der Waals surface area contributed by atoms with E-state index in [9.17, 15) is 30.4 Å². The third-order valence-electron chi connectivity index (χ3n) is 3.39. The Balaban J connectivity index is 2.29. The van der Waals surface area contributed by atoms with Gasteiger partial charge >= 0.3 is 5.97 Å². The molecular formula is C16H15F2NO7S2. The predicted octanol–water partition coefficient (Wildman–Crippen LogP) is 2.29. The first kappa shape index (κ1) is 21.6. The standard InChI is InChI=1S/C16H15F2NO7S2/c1-27(22,23)14-7-2-10(8-13(14)16(17)18)19-28(24,25)12-5-3-11(4-6-12)26-9-15(20)21/h2-8,16,19H,9H2,1H3,(H,20,21). The molecule has 0 amide bonds. The summed E-state index contributed by atoms with van der Waals surface area (Å²) in [4.78, 5) is 9.61. The Kier molecular flexibility index (Phi) is 6.24. The molecule has 2 rings (SSSR count). The van der Waals surface area contributed by atoms with Gasteiger partial charge in [-0.2, -0.15) is 0 Å². The third-order valence-corrected chi connectivity index (χ3v) is 5.96. The number of carboxylic acids is 1. The number of hydrogen-bond donors (Lipinski definition) is 2. The quantitative estimate of drug-likeness (QED) is 0.651. The molecule has 0 aromatic heterocycles. The fourth-order valence-corrected chi connectivity index (χ4v) is 4.14. The van der Waals surface area contributed by atoms with Crippen molar-refractivity contribution in [1.82, 2.24) is 0 Å². The molecule has 0 atom stereocenters. The van der Waals surface area contributed by atoms with Gasteiger partial charge in [-0.15, -0.1) is 0 Å².